The first kappa shape index (κ1) is 18.6. The summed E-state index contributed by atoms with van der Waals surface area (Å²) in [5.41, 5.74) is -0.749. The summed E-state index contributed by atoms with van der Waals surface area (Å²) in [5, 5.41) is 29.1. The van der Waals surface area contributed by atoms with Gasteiger partial charge < -0.3 is 15.4 Å². The second kappa shape index (κ2) is 6.31. The molecule has 1 heterocycles. The van der Waals surface area contributed by atoms with Crippen LogP contribution in [-0.4, -0.2) is 30.5 Å². The maximum absolute atomic E-state index is 13.4. The van der Waals surface area contributed by atoms with Crippen LogP contribution in [-0.2, 0) is 10.3 Å². The van der Waals surface area contributed by atoms with Crippen LogP contribution < -0.4 is 5.32 Å². The first-order valence-electron chi connectivity index (χ1n) is 9.91. The lowest BCUT2D eigenvalue weighted by Gasteiger charge is -2.60. The van der Waals surface area contributed by atoms with Gasteiger partial charge in [0.1, 0.15) is 0 Å². The van der Waals surface area contributed by atoms with Crippen molar-refractivity contribution in [2.75, 3.05) is 5.32 Å². The molecule has 4 saturated carbocycles. The SMILES string of the molecule is O=C(Nc1cccc([N+](=O)[O-])c1)C12C[C@H]3C[C@H](C1)CC(n1cnc([N+](=O)[O-])n1)(C3)C2. The maximum atomic E-state index is 13.4. The van der Waals surface area contributed by atoms with Crippen molar-refractivity contribution in [1.82, 2.24) is 14.8 Å². The van der Waals surface area contributed by atoms with Crippen LogP contribution in [0, 0.1) is 37.5 Å². The van der Waals surface area contributed by atoms with Crippen LogP contribution in [0.2, 0.25) is 0 Å². The summed E-state index contributed by atoms with van der Waals surface area (Å²) in [5.74, 6) is 0.104. The minimum Gasteiger partial charge on any atom is -0.390 e. The molecule has 30 heavy (non-hydrogen) atoms. The van der Waals surface area contributed by atoms with Crippen LogP contribution in [0.3, 0.4) is 0 Å². The molecule has 4 fully saturated rings. The van der Waals surface area contributed by atoms with E-state index >= 15 is 0 Å². The number of anilines is 1. The van der Waals surface area contributed by atoms with E-state index in [0.29, 0.717) is 23.9 Å². The van der Waals surface area contributed by atoms with Crippen molar-refractivity contribution in [3.8, 4) is 0 Å². The lowest BCUT2D eigenvalue weighted by Crippen LogP contribution is -2.60. The van der Waals surface area contributed by atoms with E-state index < -0.39 is 26.7 Å². The Morgan fingerprint density at radius 2 is 1.87 bits per heavy atom. The van der Waals surface area contributed by atoms with Gasteiger partial charge in [0.15, 0.2) is 0 Å². The second-order valence-corrected chi connectivity index (χ2v) is 8.97. The molecule has 156 valence electrons. The number of nitrogens with zero attached hydrogens (tertiary/aromatic N) is 5. The summed E-state index contributed by atoms with van der Waals surface area (Å²) in [6.07, 6.45) is 6.16. The molecule has 2 aromatic rings. The van der Waals surface area contributed by atoms with Crippen LogP contribution in [0.1, 0.15) is 38.5 Å². The van der Waals surface area contributed by atoms with Gasteiger partial charge >= 0.3 is 5.95 Å². The molecule has 11 heteroatoms. The van der Waals surface area contributed by atoms with Gasteiger partial charge in [-0.15, -0.1) is 0 Å². The lowest BCUT2D eigenvalue weighted by molar-refractivity contribution is -0.394. The average Bonchev–Trinajstić information content (AvgIpc) is 3.19. The number of nitro groups is 2. The Hall–Kier alpha value is -3.37. The van der Waals surface area contributed by atoms with E-state index in [4.69, 9.17) is 0 Å². The number of nitro benzene ring substituents is 1. The summed E-state index contributed by atoms with van der Waals surface area (Å²) in [6.45, 7) is 0. The molecule has 0 spiro atoms. The summed E-state index contributed by atoms with van der Waals surface area (Å²) < 4.78 is 1.61. The van der Waals surface area contributed by atoms with Crippen molar-refractivity contribution in [3.05, 3.63) is 50.8 Å². The van der Waals surface area contributed by atoms with Crippen LogP contribution in [0.4, 0.5) is 17.3 Å². The predicted molar refractivity (Wildman–Crippen MR) is 103 cm³/mol. The molecular weight excluding hydrogens is 392 g/mol. The zero-order chi connectivity index (χ0) is 21.1. The third-order valence-electron chi connectivity index (χ3n) is 6.96. The van der Waals surface area contributed by atoms with E-state index in [1.807, 2.05) is 0 Å². The zero-order valence-corrected chi connectivity index (χ0v) is 16.1. The van der Waals surface area contributed by atoms with Gasteiger partial charge in [0.25, 0.3) is 5.69 Å². The van der Waals surface area contributed by atoms with Crippen LogP contribution in [0.15, 0.2) is 30.6 Å². The molecule has 1 aromatic heterocycles. The number of benzene rings is 1. The van der Waals surface area contributed by atoms with Gasteiger partial charge in [0.05, 0.1) is 15.9 Å². The molecule has 2 atom stereocenters. The van der Waals surface area contributed by atoms with Gasteiger partial charge in [0, 0.05) is 22.9 Å². The Bertz CT molecular complexity index is 1050. The number of hydrogen-bond acceptors (Lipinski definition) is 7. The molecule has 4 aliphatic carbocycles. The molecule has 1 aromatic carbocycles. The number of amides is 1. The smallest absolute Gasteiger partial charge is 0.390 e. The van der Waals surface area contributed by atoms with E-state index in [1.54, 1.807) is 16.8 Å². The third-order valence-corrected chi connectivity index (χ3v) is 6.96. The molecule has 0 unspecified atom stereocenters. The average molecular weight is 412 g/mol. The predicted octanol–water partition coefficient (Wildman–Crippen LogP) is 3.03. The van der Waals surface area contributed by atoms with E-state index in [1.165, 1.54) is 18.5 Å². The van der Waals surface area contributed by atoms with Gasteiger partial charge in [-0.05, 0) is 61.4 Å². The zero-order valence-electron chi connectivity index (χ0n) is 16.1. The van der Waals surface area contributed by atoms with E-state index in [0.717, 1.165) is 32.1 Å². The quantitative estimate of drug-likeness (QED) is 0.586. The molecule has 4 aliphatic rings. The summed E-state index contributed by atoms with van der Waals surface area (Å²) in [4.78, 5) is 38.2. The largest absolute Gasteiger partial charge is 0.490 e. The Balaban J connectivity index is 1.45. The Kier molecular flexibility index (Phi) is 3.92. The topological polar surface area (TPSA) is 146 Å². The van der Waals surface area contributed by atoms with Crippen molar-refractivity contribution in [1.29, 1.82) is 0 Å². The van der Waals surface area contributed by atoms with Crippen LogP contribution in [0.25, 0.3) is 0 Å². The van der Waals surface area contributed by atoms with Crippen molar-refractivity contribution in [2.45, 2.75) is 44.1 Å². The molecular formula is C19H20N6O5. The number of hydrogen-bond donors (Lipinski definition) is 1. The molecule has 11 nitrogen and oxygen atoms in total. The lowest BCUT2D eigenvalue weighted by atomic mass is 9.46. The summed E-state index contributed by atoms with van der Waals surface area (Å²) >= 11 is 0. The summed E-state index contributed by atoms with van der Waals surface area (Å²) in [7, 11) is 0. The first-order chi connectivity index (χ1) is 14.3. The van der Waals surface area contributed by atoms with Gasteiger partial charge in [-0.25, -0.2) is 0 Å². The molecule has 4 bridgehead atoms. The second-order valence-electron chi connectivity index (χ2n) is 8.97. The third kappa shape index (κ3) is 2.84. The van der Waals surface area contributed by atoms with Gasteiger partial charge in [-0.1, -0.05) is 11.1 Å². The fraction of sp³-hybridized carbons (Fsp3) is 0.526. The Morgan fingerprint density at radius 1 is 1.13 bits per heavy atom. The van der Waals surface area contributed by atoms with E-state index in [9.17, 15) is 25.0 Å². The van der Waals surface area contributed by atoms with Crippen molar-refractivity contribution in [3.63, 3.8) is 0 Å². The van der Waals surface area contributed by atoms with Gasteiger partial charge in [-0.3, -0.25) is 14.9 Å². The minimum atomic E-state index is -0.616. The highest BCUT2D eigenvalue weighted by Gasteiger charge is 2.62. The summed E-state index contributed by atoms with van der Waals surface area (Å²) in [6, 6.07) is 5.92. The van der Waals surface area contributed by atoms with E-state index in [2.05, 4.69) is 15.4 Å². The molecule has 0 radical (unpaired) electrons. The Morgan fingerprint density at radius 3 is 2.50 bits per heavy atom. The molecule has 1 N–H and O–H groups in total. The highest BCUT2D eigenvalue weighted by Crippen LogP contribution is 2.64. The number of aromatic nitrogens is 3. The number of rotatable bonds is 5. The maximum Gasteiger partial charge on any atom is 0.490 e. The highest BCUT2D eigenvalue weighted by atomic mass is 16.6. The van der Waals surface area contributed by atoms with Crippen LogP contribution >= 0.6 is 0 Å². The van der Waals surface area contributed by atoms with Gasteiger partial charge in [0.2, 0.25) is 12.2 Å². The monoisotopic (exact) mass is 412 g/mol. The number of nitrogens with one attached hydrogen (secondary N) is 1. The van der Waals surface area contributed by atoms with Gasteiger partial charge in [-0.2, -0.15) is 4.68 Å². The fourth-order valence-electron chi connectivity index (χ4n) is 6.28. The fourth-order valence-corrected chi connectivity index (χ4v) is 6.28. The highest BCUT2D eigenvalue weighted by molar-refractivity contribution is 5.96. The van der Waals surface area contributed by atoms with E-state index in [-0.39, 0.29) is 11.6 Å². The molecule has 0 saturated heterocycles. The number of non-ortho nitro benzene ring substituents is 1. The van der Waals surface area contributed by atoms with Crippen molar-refractivity contribution >= 4 is 23.2 Å². The van der Waals surface area contributed by atoms with Crippen LogP contribution in [0.5, 0.6) is 0 Å². The van der Waals surface area contributed by atoms with Crippen molar-refractivity contribution in [2.24, 2.45) is 17.3 Å². The number of carbonyl (C=O) groups excluding carboxylic acids is 1. The number of carbonyl (C=O) groups is 1. The molecule has 0 aliphatic heterocycles. The minimum absolute atomic E-state index is 0.0790. The first-order valence-corrected chi connectivity index (χ1v) is 9.91. The normalized spacial score (nSPS) is 31.5. The Labute approximate surface area is 170 Å². The standard InChI is InChI=1S/C19H20N6O5/c26-16(21-14-2-1-3-15(5-14)24(27)28)18-6-12-4-13(7-18)9-19(8-12,10-18)23-11-20-17(22-23)25(29)30/h1-3,5,11-13H,4,6-10H2,(H,21,26)/t12-,13-,18?,19?/m1/s1. The van der Waals surface area contributed by atoms with Crippen molar-refractivity contribution < 1.29 is 14.6 Å². The molecule has 6 rings (SSSR count). The molecule has 1 amide bonds.